The van der Waals surface area contributed by atoms with Crippen LogP contribution in [0.1, 0.15) is 6.92 Å². The summed E-state index contributed by atoms with van der Waals surface area (Å²) < 4.78 is 7.09. The van der Waals surface area contributed by atoms with Crippen LogP contribution in [-0.4, -0.2) is 57.3 Å². The fraction of sp³-hybridized carbons (Fsp3) is 0.250. The molecule has 1 rings (SSSR count). The average Bonchev–Trinajstić information content (AvgIpc) is 1.77. The van der Waals surface area contributed by atoms with Crippen molar-refractivity contribution >= 4 is 69.5 Å². The zero-order valence-corrected chi connectivity index (χ0v) is 5.12. The van der Waals surface area contributed by atoms with E-state index >= 15 is 0 Å². The number of amides is 1. The molecule has 46 valence electrons. The fourth-order valence-electron chi connectivity index (χ4n) is 0.292. The molecule has 1 aliphatic rings. The SMILES string of the molecule is CC1=COSNC1=O.[KH]. The predicted molar refractivity (Wildman–Crippen MR) is 37.7 cm³/mol. The van der Waals surface area contributed by atoms with Crippen LogP contribution < -0.4 is 4.72 Å². The van der Waals surface area contributed by atoms with E-state index in [1.54, 1.807) is 6.92 Å². The molecule has 0 aliphatic carbocycles. The van der Waals surface area contributed by atoms with Crippen molar-refractivity contribution in [1.82, 2.24) is 4.72 Å². The first-order chi connectivity index (χ1) is 3.80. The third-order valence-electron chi connectivity index (χ3n) is 0.766. The van der Waals surface area contributed by atoms with E-state index in [1.807, 2.05) is 0 Å². The summed E-state index contributed by atoms with van der Waals surface area (Å²) in [4.78, 5) is 10.5. The van der Waals surface area contributed by atoms with Gasteiger partial charge >= 0.3 is 51.4 Å². The second-order valence-corrected chi connectivity index (χ2v) is 1.97. The van der Waals surface area contributed by atoms with Crippen molar-refractivity contribution in [2.75, 3.05) is 0 Å². The van der Waals surface area contributed by atoms with Crippen molar-refractivity contribution in [2.24, 2.45) is 0 Å². The van der Waals surface area contributed by atoms with Crippen molar-refractivity contribution in [3.8, 4) is 0 Å². The van der Waals surface area contributed by atoms with E-state index < -0.39 is 0 Å². The van der Waals surface area contributed by atoms with Crippen LogP contribution in [0, 0.1) is 0 Å². The minimum atomic E-state index is -0.0822. The van der Waals surface area contributed by atoms with Crippen LogP contribution in [0.3, 0.4) is 0 Å². The second-order valence-electron chi connectivity index (χ2n) is 1.41. The van der Waals surface area contributed by atoms with E-state index in [4.69, 9.17) is 0 Å². The van der Waals surface area contributed by atoms with Gasteiger partial charge in [-0.05, 0) is 6.92 Å². The molecule has 0 aromatic rings. The van der Waals surface area contributed by atoms with E-state index in [0.29, 0.717) is 5.57 Å². The average molecular weight is 171 g/mol. The monoisotopic (exact) mass is 171 g/mol. The zero-order valence-electron chi connectivity index (χ0n) is 4.30. The van der Waals surface area contributed by atoms with E-state index in [0.717, 1.165) is 12.2 Å². The fourth-order valence-corrected chi connectivity index (χ4v) is 0.769. The van der Waals surface area contributed by atoms with Crippen molar-refractivity contribution < 1.29 is 8.98 Å². The Morgan fingerprint density at radius 2 is 2.44 bits per heavy atom. The summed E-state index contributed by atoms with van der Waals surface area (Å²) in [7, 11) is 0. The second kappa shape index (κ2) is 4.76. The Balaban J connectivity index is 0.000000640. The molecule has 0 spiro atoms. The van der Waals surface area contributed by atoms with Crippen LogP contribution in [0.5, 0.6) is 0 Å². The number of hydrogen-bond acceptors (Lipinski definition) is 3. The van der Waals surface area contributed by atoms with Gasteiger partial charge in [-0.15, -0.1) is 0 Å². The Morgan fingerprint density at radius 1 is 1.78 bits per heavy atom. The molecule has 0 aromatic carbocycles. The summed E-state index contributed by atoms with van der Waals surface area (Å²) >= 11 is 0.931. The van der Waals surface area contributed by atoms with Crippen LogP contribution in [-0.2, 0) is 8.98 Å². The van der Waals surface area contributed by atoms with Gasteiger partial charge in [0.05, 0.1) is 5.57 Å². The molecule has 0 saturated carbocycles. The van der Waals surface area contributed by atoms with E-state index in [-0.39, 0.29) is 57.3 Å². The quantitative estimate of drug-likeness (QED) is 0.315. The maximum absolute atomic E-state index is 10.5. The zero-order chi connectivity index (χ0) is 5.98. The van der Waals surface area contributed by atoms with Gasteiger partial charge in [0.15, 0.2) is 12.2 Å². The molecule has 0 unspecified atom stereocenters. The molecule has 5 heteroatoms. The Bertz CT molecular complexity index is 148. The molecule has 0 radical (unpaired) electrons. The first kappa shape index (κ1) is 10.00. The van der Waals surface area contributed by atoms with Crippen LogP contribution in [0.15, 0.2) is 11.8 Å². The molecule has 9 heavy (non-hydrogen) atoms. The summed E-state index contributed by atoms with van der Waals surface area (Å²) in [5, 5.41) is 0. The normalized spacial score (nSPS) is 16.6. The molecule has 3 nitrogen and oxygen atoms in total. The van der Waals surface area contributed by atoms with Gasteiger partial charge in [-0.2, -0.15) is 0 Å². The molecule has 1 heterocycles. The van der Waals surface area contributed by atoms with E-state index in [9.17, 15) is 4.79 Å². The summed E-state index contributed by atoms with van der Waals surface area (Å²) in [5.74, 6) is -0.0822. The summed E-state index contributed by atoms with van der Waals surface area (Å²) in [6.07, 6.45) is 1.42. The summed E-state index contributed by atoms with van der Waals surface area (Å²) in [6.45, 7) is 1.69. The van der Waals surface area contributed by atoms with Crippen LogP contribution in [0.4, 0.5) is 0 Å². The minimum absolute atomic E-state index is 0. The standard InChI is InChI=1S/C4H5NO2S.K.H/c1-3-2-7-8-5-4(3)6;;/h2H,1H3,(H,5,6);;. The molecule has 0 aromatic heterocycles. The van der Waals surface area contributed by atoms with Gasteiger partial charge < -0.3 is 4.18 Å². The van der Waals surface area contributed by atoms with Gasteiger partial charge in [-0.1, -0.05) is 0 Å². The van der Waals surface area contributed by atoms with Gasteiger partial charge in [0.25, 0.3) is 5.91 Å². The topological polar surface area (TPSA) is 38.3 Å². The first-order valence-corrected chi connectivity index (χ1v) is 2.84. The van der Waals surface area contributed by atoms with Gasteiger partial charge in [-0.25, -0.2) is 0 Å². The van der Waals surface area contributed by atoms with Gasteiger partial charge in [0.2, 0.25) is 0 Å². The number of hydrogen-bond donors (Lipinski definition) is 1. The molecule has 0 bridgehead atoms. The van der Waals surface area contributed by atoms with Crippen molar-refractivity contribution in [3.63, 3.8) is 0 Å². The van der Waals surface area contributed by atoms with Crippen molar-refractivity contribution in [2.45, 2.75) is 6.92 Å². The van der Waals surface area contributed by atoms with Crippen molar-refractivity contribution in [3.05, 3.63) is 11.8 Å². The van der Waals surface area contributed by atoms with Crippen molar-refractivity contribution in [1.29, 1.82) is 0 Å². The third kappa shape index (κ3) is 3.06. The Morgan fingerprint density at radius 3 is 2.78 bits per heavy atom. The molecule has 1 amide bonds. The first-order valence-electron chi connectivity index (χ1n) is 2.10. The Hall–Kier alpha value is 0.996. The van der Waals surface area contributed by atoms with Crippen LogP contribution >= 0.6 is 12.2 Å². The molecule has 1 aliphatic heterocycles. The number of nitrogens with one attached hydrogen (secondary N) is 1. The third-order valence-corrected chi connectivity index (χ3v) is 1.23. The van der Waals surface area contributed by atoms with Gasteiger partial charge in [-0.3, -0.25) is 9.52 Å². The van der Waals surface area contributed by atoms with Gasteiger partial charge in [0.1, 0.15) is 6.26 Å². The maximum atomic E-state index is 10.5. The number of carbonyl (C=O) groups excluding carboxylic acids is 1. The van der Waals surface area contributed by atoms with Crippen LogP contribution in [0.2, 0.25) is 0 Å². The van der Waals surface area contributed by atoms with E-state index in [2.05, 4.69) is 8.91 Å². The molecular formula is C4H6KNO2S. The molecule has 0 atom stereocenters. The molecular weight excluding hydrogens is 165 g/mol. The number of rotatable bonds is 0. The predicted octanol–water partition coefficient (Wildman–Crippen LogP) is -0.0487. The summed E-state index contributed by atoms with van der Waals surface area (Å²) in [6, 6.07) is 0. The molecule has 0 fully saturated rings. The Labute approximate surface area is 100 Å². The van der Waals surface area contributed by atoms with E-state index in [1.165, 1.54) is 6.26 Å². The molecule has 0 saturated heterocycles. The summed E-state index contributed by atoms with van der Waals surface area (Å²) in [5.41, 5.74) is 0.601. The van der Waals surface area contributed by atoms with Gasteiger partial charge in [0, 0.05) is 0 Å². The Kier molecular flexibility index (Phi) is 5.28. The number of carbonyl (C=O) groups is 1. The van der Waals surface area contributed by atoms with Crippen LogP contribution in [0.25, 0.3) is 0 Å². The molecule has 1 N–H and O–H groups in total.